The van der Waals surface area contributed by atoms with Crippen LogP contribution in [0.4, 0.5) is 5.82 Å². The molecule has 1 aromatic heterocycles. The van der Waals surface area contributed by atoms with Crippen LogP contribution in [0, 0.1) is 6.92 Å². The Morgan fingerprint density at radius 2 is 1.83 bits per heavy atom. The van der Waals surface area contributed by atoms with Gasteiger partial charge in [0.2, 0.25) is 0 Å². The van der Waals surface area contributed by atoms with Crippen LogP contribution < -0.4 is 5.32 Å². The predicted octanol–water partition coefficient (Wildman–Crippen LogP) is 4.15. The maximum atomic E-state index is 12.3. The number of halogens is 1. The molecule has 0 saturated heterocycles. The van der Waals surface area contributed by atoms with Crippen LogP contribution in [0.25, 0.3) is 0 Å². The Bertz CT molecular complexity index is 827. The number of nitrogens with zero attached hydrogens (tertiary/aromatic N) is 2. The topological polar surface area (TPSA) is 46.9 Å². The van der Waals surface area contributed by atoms with Crippen molar-refractivity contribution in [2.24, 2.45) is 0 Å². The minimum atomic E-state index is -0.213. The number of hydrogen-bond donors (Lipinski definition) is 1. The van der Waals surface area contributed by atoms with Gasteiger partial charge in [-0.3, -0.25) is 9.48 Å². The lowest BCUT2D eigenvalue weighted by Gasteiger charge is -2.05. The zero-order valence-electron chi connectivity index (χ0n) is 12.7. The van der Waals surface area contributed by atoms with Gasteiger partial charge in [-0.1, -0.05) is 60.1 Å². The van der Waals surface area contributed by atoms with Crippen LogP contribution in [-0.4, -0.2) is 15.7 Å². The van der Waals surface area contributed by atoms with Crippen LogP contribution in [0.3, 0.4) is 0 Å². The lowest BCUT2D eigenvalue weighted by atomic mass is 10.1. The van der Waals surface area contributed by atoms with Crippen molar-refractivity contribution in [2.75, 3.05) is 5.32 Å². The van der Waals surface area contributed by atoms with E-state index in [4.69, 9.17) is 11.6 Å². The molecule has 0 fully saturated rings. The number of hydrogen-bond acceptors (Lipinski definition) is 2. The first-order valence-corrected chi connectivity index (χ1v) is 7.65. The van der Waals surface area contributed by atoms with Crippen LogP contribution in [0.5, 0.6) is 0 Å². The van der Waals surface area contributed by atoms with Gasteiger partial charge in [0, 0.05) is 11.8 Å². The highest BCUT2D eigenvalue weighted by Crippen LogP contribution is 2.21. The van der Waals surface area contributed by atoms with Gasteiger partial charge in [-0.25, -0.2) is 0 Å². The first-order chi connectivity index (χ1) is 11.1. The second-order valence-corrected chi connectivity index (χ2v) is 5.69. The Balaban J connectivity index is 1.76. The Morgan fingerprint density at radius 3 is 2.57 bits per heavy atom. The van der Waals surface area contributed by atoms with E-state index < -0.39 is 0 Å². The van der Waals surface area contributed by atoms with E-state index in [-0.39, 0.29) is 5.91 Å². The average Bonchev–Trinajstić information content (AvgIpc) is 2.88. The van der Waals surface area contributed by atoms with E-state index in [1.807, 2.05) is 55.5 Å². The highest BCUT2D eigenvalue weighted by molar-refractivity contribution is 6.33. The van der Waals surface area contributed by atoms with Crippen LogP contribution in [0.2, 0.25) is 5.02 Å². The fraction of sp³-hybridized carbons (Fsp3) is 0.111. The molecule has 0 atom stereocenters. The van der Waals surface area contributed by atoms with Crippen molar-refractivity contribution >= 4 is 23.3 Å². The molecule has 0 aliphatic heterocycles. The predicted molar refractivity (Wildman–Crippen MR) is 91.9 cm³/mol. The second kappa shape index (κ2) is 6.67. The third-order valence-corrected chi connectivity index (χ3v) is 3.80. The first kappa shape index (κ1) is 15.3. The maximum absolute atomic E-state index is 12.3. The molecule has 4 nitrogen and oxygen atoms in total. The normalized spacial score (nSPS) is 10.5. The van der Waals surface area contributed by atoms with Gasteiger partial charge >= 0.3 is 0 Å². The summed E-state index contributed by atoms with van der Waals surface area (Å²) in [5.41, 5.74) is 2.63. The third kappa shape index (κ3) is 3.60. The van der Waals surface area contributed by atoms with Crippen molar-refractivity contribution in [3.05, 3.63) is 82.5 Å². The molecular weight excluding hydrogens is 310 g/mol. The van der Waals surface area contributed by atoms with E-state index in [0.29, 0.717) is 22.9 Å². The lowest BCUT2D eigenvalue weighted by Crippen LogP contribution is -2.14. The molecule has 1 N–H and O–H groups in total. The largest absolute Gasteiger partial charge is 0.304 e. The number of aromatic nitrogens is 2. The lowest BCUT2D eigenvalue weighted by molar-refractivity contribution is 0.102. The number of aryl methyl sites for hydroxylation is 1. The molecular formula is C18H16ClN3O. The minimum Gasteiger partial charge on any atom is -0.304 e. The molecule has 3 rings (SSSR count). The van der Waals surface area contributed by atoms with Crippen LogP contribution in [0.15, 0.2) is 60.8 Å². The van der Waals surface area contributed by atoms with Crippen LogP contribution in [-0.2, 0) is 6.54 Å². The molecule has 5 heteroatoms. The average molecular weight is 326 g/mol. The number of benzene rings is 2. The van der Waals surface area contributed by atoms with E-state index in [0.717, 1.165) is 11.1 Å². The second-order valence-electron chi connectivity index (χ2n) is 5.28. The number of carbonyl (C=O) groups excluding carboxylic acids is 1. The van der Waals surface area contributed by atoms with Crippen molar-refractivity contribution in [3.63, 3.8) is 0 Å². The zero-order valence-corrected chi connectivity index (χ0v) is 13.4. The van der Waals surface area contributed by atoms with E-state index in [1.165, 1.54) is 0 Å². The quantitative estimate of drug-likeness (QED) is 0.783. The Labute approximate surface area is 139 Å². The molecule has 0 bridgehead atoms. The van der Waals surface area contributed by atoms with Crippen LogP contribution in [0.1, 0.15) is 21.5 Å². The minimum absolute atomic E-state index is 0.213. The molecule has 3 aromatic rings. The highest BCUT2D eigenvalue weighted by Gasteiger charge is 2.13. The van der Waals surface area contributed by atoms with Crippen molar-refractivity contribution in [1.29, 1.82) is 0 Å². The summed E-state index contributed by atoms with van der Waals surface area (Å²) in [5.74, 6) is 0.158. The van der Waals surface area contributed by atoms with Gasteiger partial charge in [0.25, 0.3) is 5.91 Å². The van der Waals surface area contributed by atoms with Crippen molar-refractivity contribution in [1.82, 2.24) is 9.78 Å². The Hall–Kier alpha value is -2.59. The van der Waals surface area contributed by atoms with E-state index >= 15 is 0 Å². The summed E-state index contributed by atoms with van der Waals surface area (Å²) in [6.45, 7) is 2.49. The fourth-order valence-electron chi connectivity index (χ4n) is 2.34. The SMILES string of the molecule is Cc1ccccc1C(=O)Nc1nn(Cc2ccccc2)cc1Cl. The Kier molecular flexibility index (Phi) is 4.44. The molecule has 1 amide bonds. The number of rotatable bonds is 4. The number of nitrogens with one attached hydrogen (secondary N) is 1. The molecule has 0 saturated carbocycles. The zero-order chi connectivity index (χ0) is 16.2. The highest BCUT2D eigenvalue weighted by atomic mass is 35.5. The van der Waals surface area contributed by atoms with E-state index in [1.54, 1.807) is 16.9 Å². The summed E-state index contributed by atoms with van der Waals surface area (Å²) in [6.07, 6.45) is 1.71. The summed E-state index contributed by atoms with van der Waals surface area (Å²) in [7, 11) is 0. The van der Waals surface area contributed by atoms with Crippen molar-refractivity contribution in [3.8, 4) is 0 Å². The first-order valence-electron chi connectivity index (χ1n) is 7.27. The van der Waals surface area contributed by atoms with Gasteiger partial charge in [-0.15, -0.1) is 0 Å². The summed E-state index contributed by atoms with van der Waals surface area (Å²) in [4.78, 5) is 12.3. The van der Waals surface area contributed by atoms with E-state index in [9.17, 15) is 4.79 Å². The summed E-state index contributed by atoms with van der Waals surface area (Å²) < 4.78 is 1.71. The molecule has 1 heterocycles. The van der Waals surface area contributed by atoms with E-state index in [2.05, 4.69) is 10.4 Å². The molecule has 0 spiro atoms. The molecule has 0 aliphatic carbocycles. The number of carbonyl (C=O) groups is 1. The van der Waals surface area contributed by atoms with Crippen LogP contribution >= 0.6 is 11.6 Å². The standard InChI is InChI=1S/C18H16ClN3O/c1-13-7-5-6-10-15(13)18(23)20-17-16(19)12-22(21-17)11-14-8-3-2-4-9-14/h2-10,12H,11H2,1H3,(H,20,21,23). The summed E-state index contributed by atoms with van der Waals surface area (Å²) in [6, 6.07) is 17.3. The molecule has 0 unspecified atom stereocenters. The van der Waals surface area contributed by atoms with Crippen molar-refractivity contribution < 1.29 is 4.79 Å². The summed E-state index contributed by atoms with van der Waals surface area (Å²) in [5, 5.41) is 7.54. The van der Waals surface area contributed by atoms with Gasteiger partial charge in [-0.05, 0) is 24.1 Å². The summed E-state index contributed by atoms with van der Waals surface area (Å²) >= 11 is 6.18. The molecule has 23 heavy (non-hydrogen) atoms. The molecule has 2 aromatic carbocycles. The molecule has 0 radical (unpaired) electrons. The molecule has 116 valence electrons. The van der Waals surface area contributed by atoms with Crippen molar-refractivity contribution in [2.45, 2.75) is 13.5 Å². The smallest absolute Gasteiger partial charge is 0.257 e. The van der Waals surface area contributed by atoms with Gasteiger partial charge in [0.05, 0.1) is 6.54 Å². The van der Waals surface area contributed by atoms with Gasteiger partial charge < -0.3 is 5.32 Å². The third-order valence-electron chi connectivity index (χ3n) is 3.53. The fourth-order valence-corrected chi connectivity index (χ4v) is 2.53. The Morgan fingerprint density at radius 1 is 1.13 bits per heavy atom. The van der Waals surface area contributed by atoms with Gasteiger partial charge in [-0.2, -0.15) is 5.10 Å². The number of anilines is 1. The monoisotopic (exact) mass is 325 g/mol. The number of amides is 1. The van der Waals surface area contributed by atoms with Gasteiger partial charge in [0.1, 0.15) is 5.02 Å². The molecule has 0 aliphatic rings. The maximum Gasteiger partial charge on any atom is 0.257 e. The van der Waals surface area contributed by atoms with Gasteiger partial charge in [0.15, 0.2) is 5.82 Å².